The van der Waals surface area contributed by atoms with E-state index >= 15 is 0 Å². The van der Waals surface area contributed by atoms with Crippen molar-refractivity contribution in [3.63, 3.8) is 0 Å². The molecule has 0 aromatic heterocycles. The largest absolute Gasteiger partial charge is 0.442 e. The van der Waals surface area contributed by atoms with Gasteiger partial charge in [-0.1, -0.05) is 24.3 Å². The molecule has 5 heteroatoms. The minimum absolute atomic E-state index is 0.426. The Morgan fingerprint density at radius 3 is 2.32 bits per heavy atom. The van der Waals surface area contributed by atoms with Crippen molar-refractivity contribution in [2.75, 3.05) is 0 Å². The van der Waals surface area contributed by atoms with Crippen LogP contribution in [-0.2, 0) is 9.47 Å². The second kappa shape index (κ2) is 5.72. The molecule has 5 nitrogen and oxygen atoms in total. The van der Waals surface area contributed by atoms with E-state index in [0.29, 0.717) is 0 Å². The monoisotopic (exact) mass is 304 g/mol. The summed E-state index contributed by atoms with van der Waals surface area (Å²) in [4.78, 5) is 12.4. The summed E-state index contributed by atoms with van der Waals surface area (Å²) in [5.74, 6) is 0. The van der Waals surface area contributed by atoms with E-state index in [1.165, 1.54) is 5.01 Å². The molecule has 0 N–H and O–H groups in total. The first kappa shape index (κ1) is 16.5. The fourth-order valence-corrected chi connectivity index (χ4v) is 2.07. The highest BCUT2D eigenvalue weighted by atomic mass is 16.6. The summed E-state index contributed by atoms with van der Waals surface area (Å²) in [5, 5.41) is 5.49. The van der Waals surface area contributed by atoms with Crippen LogP contribution in [0.3, 0.4) is 0 Å². The first-order valence-corrected chi connectivity index (χ1v) is 7.40. The number of benzene rings is 1. The summed E-state index contributed by atoms with van der Waals surface area (Å²) in [6.45, 7) is 11.3. The number of hydrogen-bond acceptors (Lipinski definition) is 4. The predicted octanol–water partition coefficient (Wildman–Crippen LogP) is 4.08. The average Bonchev–Trinajstić information content (AvgIpc) is 2.35. The number of fused-ring (bicyclic) bond motifs is 1. The van der Waals surface area contributed by atoms with Crippen LogP contribution in [0.5, 0.6) is 0 Å². The molecule has 0 aliphatic carbocycles. The summed E-state index contributed by atoms with van der Waals surface area (Å²) >= 11 is 0. The molecule has 1 aliphatic rings. The molecule has 1 heterocycles. The van der Waals surface area contributed by atoms with Gasteiger partial charge < -0.3 is 9.47 Å². The molecule has 0 radical (unpaired) electrons. The van der Waals surface area contributed by atoms with Gasteiger partial charge in [0.05, 0.1) is 11.8 Å². The average molecular weight is 304 g/mol. The molecule has 2 rings (SSSR count). The van der Waals surface area contributed by atoms with Gasteiger partial charge in [0.25, 0.3) is 0 Å². The SMILES string of the molecule is CC(C)(C)OC(=O)N1N=Cc2ccccc2C1OC(C)(C)C. The van der Waals surface area contributed by atoms with E-state index in [9.17, 15) is 4.79 Å². The zero-order valence-electron chi connectivity index (χ0n) is 14.1. The third-order valence-electron chi connectivity index (χ3n) is 2.85. The van der Waals surface area contributed by atoms with Crippen molar-refractivity contribution in [2.45, 2.75) is 59.0 Å². The van der Waals surface area contributed by atoms with E-state index < -0.39 is 23.5 Å². The van der Waals surface area contributed by atoms with Crippen LogP contribution in [0.15, 0.2) is 29.4 Å². The van der Waals surface area contributed by atoms with Gasteiger partial charge >= 0.3 is 6.09 Å². The highest BCUT2D eigenvalue weighted by molar-refractivity contribution is 5.85. The van der Waals surface area contributed by atoms with E-state index in [4.69, 9.17) is 9.47 Å². The smallest absolute Gasteiger partial charge is 0.433 e. The molecule has 1 amide bonds. The Bertz CT molecular complexity index is 582. The molecule has 0 saturated heterocycles. The number of hydrogen-bond donors (Lipinski definition) is 0. The van der Waals surface area contributed by atoms with E-state index in [2.05, 4.69) is 5.10 Å². The Balaban J connectivity index is 2.35. The second-order valence-corrected chi connectivity index (χ2v) is 7.28. The topological polar surface area (TPSA) is 51.1 Å². The van der Waals surface area contributed by atoms with Crippen molar-refractivity contribution in [2.24, 2.45) is 5.10 Å². The van der Waals surface area contributed by atoms with Crippen molar-refractivity contribution >= 4 is 12.3 Å². The number of ether oxygens (including phenoxy) is 2. The molecule has 120 valence electrons. The lowest BCUT2D eigenvalue weighted by Gasteiger charge is -2.36. The maximum absolute atomic E-state index is 12.4. The molecule has 0 fully saturated rings. The van der Waals surface area contributed by atoms with Crippen molar-refractivity contribution in [3.05, 3.63) is 35.4 Å². The highest BCUT2D eigenvalue weighted by Crippen LogP contribution is 2.33. The maximum Gasteiger partial charge on any atom is 0.433 e. The van der Waals surface area contributed by atoms with Gasteiger partial charge in [0.15, 0.2) is 6.23 Å². The fourth-order valence-electron chi connectivity index (χ4n) is 2.07. The molecule has 1 atom stereocenters. The van der Waals surface area contributed by atoms with E-state index in [-0.39, 0.29) is 0 Å². The predicted molar refractivity (Wildman–Crippen MR) is 85.7 cm³/mol. The molecule has 0 bridgehead atoms. The number of amides is 1. The first-order chi connectivity index (χ1) is 10.1. The van der Waals surface area contributed by atoms with E-state index in [0.717, 1.165) is 11.1 Å². The van der Waals surface area contributed by atoms with Crippen LogP contribution in [-0.4, -0.2) is 28.5 Å². The Morgan fingerprint density at radius 2 is 1.73 bits per heavy atom. The lowest BCUT2D eigenvalue weighted by molar-refractivity contribution is -0.133. The van der Waals surface area contributed by atoms with Crippen molar-refractivity contribution < 1.29 is 14.3 Å². The molecular formula is C17H24N2O3. The molecule has 1 unspecified atom stereocenters. The zero-order chi connectivity index (χ0) is 16.5. The normalized spacial score (nSPS) is 18.1. The third kappa shape index (κ3) is 4.07. The van der Waals surface area contributed by atoms with Gasteiger partial charge in [0.1, 0.15) is 5.60 Å². The minimum atomic E-state index is -0.601. The van der Waals surface area contributed by atoms with Crippen LogP contribution in [0, 0.1) is 0 Å². The van der Waals surface area contributed by atoms with Gasteiger partial charge in [-0.2, -0.15) is 10.1 Å². The summed E-state index contributed by atoms with van der Waals surface area (Å²) in [7, 11) is 0. The Morgan fingerprint density at radius 1 is 1.09 bits per heavy atom. The zero-order valence-corrected chi connectivity index (χ0v) is 14.1. The van der Waals surface area contributed by atoms with Crippen molar-refractivity contribution in [1.29, 1.82) is 0 Å². The van der Waals surface area contributed by atoms with Gasteiger partial charge in [-0.05, 0) is 41.5 Å². The standard InChI is InChI=1S/C17H24N2O3/c1-16(2,3)21-14-13-10-8-7-9-12(13)11-18-19(14)15(20)22-17(4,5)6/h7-11,14H,1-6H3. The number of nitrogens with zero attached hydrogens (tertiary/aromatic N) is 2. The van der Waals surface area contributed by atoms with Gasteiger partial charge in [-0.3, -0.25) is 0 Å². The summed E-state index contributed by atoms with van der Waals surface area (Å²) in [6.07, 6.45) is 0.533. The quantitative estimate of drug-likeness (QED) is 0.785. The molecule has 1 aliphatic heterocycles. The molecule has 22 heavy (non-hydrogen) atoms. The maximum atomic E-state index is 12.4. The first-order valence-electron chi connectivity index (χ1n) is 7.40. The molecule has 0 saturated carbocycles. The van der Waals surface area contributed by atoms with Gasteiger partial charge in [0.2, 0.25) is 0 Å². The Hall–Kier alpha value is -1.88. The highest BCUT2D eigenvalue weighted by Gasteiger charge is 2.35. The minimum Gasteiger partial charge on any atom is -0.442 e. The van der Waals surface area contributed by atoms with Gasteiger partial charge in [-0.15, -0.1) is 0 Å². The molecule has 0 spiro atoms. The van der Waals surface area contributed by atoms with Crippen LogP contribution >= 0.6 is 0 Å². The summed E-state index contributed by atoms with van der Waals surface area (Å²) in [6, 6.07) is 7.74. The third-order valence-corrected chi connectivity index (χ3v) is 2.85. The Kier molecular flexibility index (Phi) is 4.29. The van der Waals surface area contributed by atoms with E-state index in [1.807, 2.05) is 65.8 Å². The lowest BCUT2D eigenvalue weighted by atomic mass is 10.0. The number of rotatable bonds is 1. The fraction of sp³-hybridized carbons (Fsp3) is 0.529. The second-order valence-electron chi connectivity index (χ2n) is 7.28. The van der Waals surface area contributed by atoms with Gasteiger partial charge in [0, 0.05) is 11.1 Å². The van der Waals surface area contributed by atoms with Crippen LogP contribution in [0.25, 0.3) is 0 Å². The van der Waals surface area contributed by atoms with Gasteiger partial charge in [-0.25, -0.2) is 4.79 Å². The van der Waals surface area contributed by atoms with Crippen LogP contribution < -0.4 is 0 Å². The summed E-state index contributed by atoms with van der Waals surface area (Å²) < 4.78 is 11.5. The van der Waals surface area contributed by atoms with E-state index in [1.54, 1.807) is 6.21 Å². The van der Waals surface area contributed by atoms with Crippen LogP contribution in [0.1, 0.15) is 58.9 Å². The molecule has 1 aromatic carbocycles. The number of hydrazone groups is 1. The Labute approximate surface area is 131 Å². The number of carbonyl (C=O) groups is 1. The lowest BCUT2D eigenvalue weighted by Crippen LogP contribution is -2.41. The van der Waals surface area contributed by atoms with Crippen LogP contribution in [0.4, 0.5) is 4.79 Å². The van der Waals surface area contributed by atoms with Crippen molar-refractivity contribution in [3.8, 4) is 0 Å². The van der Waals surface area contributed by atoms with Crippen LogP contribution in [0.2, 0.25) is 0 Å². The summed E-state index contributed by atoms with van der Waals surface area (Å²) in [5.41, 5.74) is 0.829. The molecular weight excluding hydrogens is 280 g/mol. The molecule has 1 aromatic rings. The van der Waals surface area contributed by atoms with Crippen molar-refractivity contribution in [1.82, 2.24) is 5.01 Å². The number of carbonyl (C=O) groups excluding carboxylic acids is 1.